The van der Waals surface area contributed by atoms with Crippen LogP contribution in [0.1, 0.15) is 108 Å². The number of hydrogen-bond donors (Lipinski definition) is 0. The molecule has 2 aliphatic carbocycles. The second-order valence-electron chi connectivity index (χ2n) is 13.4. The quantitative estimate of drug-likeness (QED) is 0.124. The molecule has 5 heteroatoms. The minimum absolute atomic E-state index is 0.0696. The van der Waals surface area contributed by atoms with Gasteiger partial charge in [-0.2, -0.15) is 0 Å². The molecule has 0 aromatic heterocycles. The molecule has 2 bridgehead atoms. The number of methoxy groups -OCH3 is 1. The first-order chi connectivity index (χ1) is 17.7. The fourth-order valence-electron chi connectivity index (χ4n) is 7.09. The molecule has 0 aliphatic heterocycles. The predicted octanol–water partition coefficient (Wildman–Crippen LogP) is 8.98. The van der Waals surface area contributed by atoms with Gasteiger partial charge in [0.1, 0.15) is 5.76 Å². The van der Waals surface area contributed by atoms with Gasteiger partial charge in [0.25, 0.3) is 0 Å². The highest BCUT2D eigenvalue weighted by Gasteiger charge is 2.63. The van der Waals surface area contributed by atoms with E-state index in [9.17, 15) is 9.59 Å². The predicted molar refractivity (Wildman–Crippen MR) is 162 cm³/mol. The number of carbonyl (C=O) groups is 2. The Bertz CT molecular complexity index is 938. The van der Waals surface area contributed by atoms with E-state index in [1.807, 2.05) is 0 Å². The summed E-state index contributed by atoms with van der Waals surface area (Å²) in [5.74, 6) is 0.151. The molecule has 0 unspecified atom stereocenters. The maximum atomic E-state index is 14.3. The molecule has 0 radical (unpaired) electrons. The fraction of sp³-hybridized carbons (Fsp3) is 0.758. The third-order valence-corrected chi connectivity index (χ3v) is 14.6. The third kappa shape index (κ3) is 6.81. The Morgan fingerprint density at radius 3 is 2.13 bits per heavy atom. The van der Waals surface area contributed by atoms with E-state index in [0.29, 0.717) is 12.2 Å². The van der Waals surface area contributed by atoms with Crippen LogP contribution in [0, 0.1) is 22.7 Å². The molecule has 1 fully saturated rings. The maximum absolute atomic E-state index is 14.3. The molecule has 0 aromatic carbocycles. The summed E-state index contributed by atoms with van der Waals surface area (Å²) < 4.78 is 12.6. The highest BCUT2D eigenvalue weighted by Crippen LogP contribution is 2.60. The lowest BCUT2D eigenvalue weighted by Crippen LogP contribution is -2.59. The molecular formula is C33H56O4Si. The molecule has 4 nitrogen and oxygen atoms in total. The number of rotatable bonds is 14. The van der Waals surface area contributed by atoms with Crippen molar-refractivity contribution in [2.24, 2.45) is 22.7 Å². The number of carbonyl (C=O) groups excluding carboxylic acids is 2. The summed E-state index contributed by atoms with van der Waals surface area (Å²) >= 11 is 0. The van der Waals surface area contributed by atoms with Crippen molar-refractivity contribution >= 4 is 19.9 Å². The third-order valence-electron chi connectivity index (χ3n) is 9.76. The summed E-state index contributed by atoms with van der Waals surface area (Å²) in [5, 5.41) is 0. The highest BCUT2D eigenvalue weighted by molar-refractivity contribution is 6.73. The Balaban J connectivity index is 2.44. The van der Waals surface area contributed by atoms with Gasteiger partial charge in [0.2, 0.25) is 0 Å². The van der Waals surface area contributed by atoms with Crippen LogP contribution in [-0.2, 0) is 18.8 Å². The maximum Gasteiger partial charge on any atom is 0.192 e. The molecule has 0 spiro atoms. The van der Waals surface area contributed by atoms with Crippen molar-refractivity contribution in [2.75, 3.05) is 7.11 Å². The van der Waals surface area contributed by atoms with E-state index in [-0.39, 0.29) is 23.1 Å². The summed E-state index contributed by atoms with van der Waals surface area (Å²) in [7, 11) is -0.124. The molecule has 4 atom stereocenters. The van der Waals surface area contributed by atoms with Crippen molar-refractivity contribution in [3.8, 4) is 0 Å². The van der Waals surface area contributed by atoms with Gasteiger partial charge in [0.15, 0.2) is 19.9 Å². The Hall–Kier alpha value is -1.46. The van der Waals surface area contributed by atoms with E-state index in [1.165, 1.54) is 11.1 Å². The Kier molecular flexibility index (Phi) is 11.0. The van der Waals surface area contributed by atoms with Gasteiger partial charge >= 0.3 is 0 Å². The standard InChI is InChI=1S/C33H56O4Si/c1-12-38(13-2,14-3)37-31(8,9)19-15-20-32(10)26(17-16-24(4)5)23-33(21-18-25(6)7)28(36-11)22-27(34)29(32)30(33)35/h16,18,22,26,29H,12-15,17,19-21,23H2,1-11H3/t26-,29-,32+,33+/m0/s1. The number of ketones is 2. The molecular weight excluding hydrogens is 488 g/mol. The number of allylic oxidation sites excluding steroid dienone is 6. The van der Waals surface area contributed by atoms with Crippen LogP contribution in [0.3, 0.4) is 0 Å². The zero-order valence-corrected chi connectivity index (χ0v) is 27.4. The number of hydrogen-bond acceptors (Lipinski definition) is 4. The first-order valence-electron chi connectivity index (χ1n) is 15.0. The van der Waals surface area contributed by atoms with Gasteiger partial charge in [-0.1, -0.05) is 57.4 Å². The summed E-state index contributed by atoms with van der Waals surface area (Å²) in [6.07, 6.45) is 11.0. The summed E-state index contributed by atoms with van der Waals surface area (Å²) in [4.78, 5) is 27.9. The fourth-order valence-corrected chi connectivity index (χ4v) is 10.3. The van der Waals surface area contributed by atoms with E-state index < -0.39 is 25.1 Å². The number of Topliss-reactive ketones (excluding diaryl/α,β-unsaturated/α-hetero) is 1. The van der Waals surface area contributed by atoms with Gasteiger partial charge in [-0.25, -0.2) is 0 Å². The van der Waals surface area contributed by atoms with Gasteiger partial charge in [-0.05, 0) is 103 Å². The van der Waals surface area contributed by atoms with Crippen LogP contribution in [-0.4, -0.2) is 32.6 Å². The van der Waals surface area contributed by atoms with Gasteiger partial charge < -0.3 is 9.16 Å². The van der Waals surface area contributed by atoms with Crippen molar-refractivity contribution in [1.82, 2.24) is 0 Å². The first kappa shape index (κ1) is 32.7. The second kappa shape index (κ2) is 12.8. The summed E-state index contributed by atoms with van der Waals surface area (Å²) in [6.45, 7) is 21.9. The van der Waals surface area contributed by atoms with Gasteiger partial charge in [-0.15, -0.1) is 0 Å². The Morgan fingerprint density at radius 2 is 1.63 bits per heavy atom. The molecule has 0 heterocycles. The zero-order valence-electron chi connectivity index (χ0n) is 26.4. The monoisotopic (exact) mass is 544 g/mol. The molecule has 2 rings (SSSR count). The van der Waals surface area contributed by atoms with Crippen LogP contribution >= 0.6 is 0 Å². The normalized spacial score (nSPS) is 27.6. The van der Waals surface area contributed by atoms with Crippen LogP contribution in [0.15, 0.2) is 35.1 Å². The Labute approximate surface area is 234 Å². The molecule has 38 heavy (non-hydrogen) atoms. The zero-order chi connectivity index (χ0) is 28.9. The second-order valence-corrected chi connectivity index (χ2v) is 18.1. The van der Waals surface area contributed by atoms with E-state index in [4.69, 9.17) is 9.16 Å². The van der Waals surface area contributed by atoms with Crippen molar-refractivity contribution < 1.29 is 18.8 Å². The molecule has 1 saturated carbocycles. The molecule has 0 N–H and O–H groups in total. The van der Waals surface area contributed by atoms with E-state index >= 15 is 0 Å². The molecule has 2 aliphatic rings. The van der Waals surface area contributed by atoms with Gasteiger partial charge in [0, 0.05) is 6.08 Å². The van der Waals surface area contributed by atoms with Crippen LogP contribution in [0.5, 0.6) is 0 Å². The van der Waals surface area contributed by atoms with Crippen LogP contribution < -0.4 is 0 Å². The summed E-state index contributed by atoms with van der Waals surface area (Å²) in [6, 6.07) is 3.41. The lowest BCUT2D eigenvalue weighted by molar-refractivity contribution is -0.157. The van der Waals surface area contributed by atoms with Crippen LogP contribution in [0.4, 0.5) is 0 Å². The van der Waals surface area contributed by atoms with Gasteiger partial charge in [-0.3, -0.25) is 9.59 Å². The Morgan fingerprint density at radius 1 is 1.05 bits per heavy atom. The average molecular weight is 545 g/mol. The van der Waals surface area contributed by atoms with Crippen molar-refractivity contribution in [3.63, 3.8) is 0 Å². The van der Waals surface area contributed by atoms with E-state index in [0.717, 1.165) is 50.2 Å². The summed E-state index contributed by atoms with van der Waals surface area (Å²) in [5.41, 5.74) is 1.11. The average Bonchev–Trinajstić information content (AvgIpc) is 2.84. The largest absolute Gasteiger partial charge is 0.500 e. The van der Waals surface area contributed by atoms with Crippen molar-refractivity contribution in [3.05, 3.63) is 35.1 Å². The minimum atomic E-state index is -1.73. The van der Waals surface area contributed by atoms with Crippen LogP contribution in [0.2, 0.25) is 18.1 Å². The SMILES string of the molecule is CC[Si](CC)(CC)OC(C)(C)CCC[C@]1(C)[C@@H](CC=C(C)C)C[C@@]2(CC=C(C)C)C(=O)[C@@H]1C(=O)C=C2OC. The molecule has 0 amide bonds. The van der Waals surface area contributed by atoms with E-state index in [2.05, 4.69) is 81.4 Å². The van der Waals surface area contributed by atoms with Crippen molar-refractivity contribution in [2.45, 2.75) is 131 Å². The number of fused-ring (bicyclic) bond motifs is 2. The van der Waals surface area contributed by atoms with E-state index in [1.54, 1.807) is 13.2 Å². The highest BCUT2D eigenvalue weighted by atomic mass is 28.4. The lowest BCUT2D eigenvalue weighted by atomic mass is 9.47. The molecule has 0 aromatic rings. The molecule has 0 saturated heterocycles. The minimum Gasteiger partial charge on any atom is -0.500 e. The van der Waals surface area contributed by atoms with Gasteiger partial charge in [0.05, 0.1) is 24.0 Å². The topological polar surface area (TPSA) is 52.6 Å². The smallest absolute Gasteiger partial charge is 0.192 e. The molecule has 216 valence electrons. The van der Waals surface area contributed by atoms with Crippen molar-refractivity contribution in [1.29, 1.82) is 0 Å². The first-order valence-corrected chi connectivity index (χ1v) is 17.5. The lowest BCUT2D eigenvalue weighted by Gasteiger charge is -2.55. The number of ether oxygens (including phenoxy) is 1. The van der Waals surface area contributed by atoms with Crippen LogP contribution in [0.25, 0.3) is 0 Å².